The number of aromatic nitrogens is 2. The minimum atomic E-state index is 0.0390. The molecule has 0 bridgehead atoms. The maximum absolute atomic E-state index is 12.6. The van der Waals surface area contributed by atoms with Gasteiger partial charge in [0.25, 0.3) is 0 Å². The second kappa shape index (κ2) is 7.72. The van der Waals surface area contributed by atoms with Gasteiger partial charge in [-0.2, -0.15) is 5.10 Å². The summed E-state index contributed by atoms with van der Waals surface area (Å²) in [5.74, 6) is 0.181. The van der Waals surface area contributed by atoms with Crippen molar-refractivity contribution in [2.45, 2.75) is 45.6 Å². The number of nitrogens with zero attached hydrogens (tertiary/aromatic N) is 3. The van der Waals surface area contributed by atoms with E-state index < -0.39 is 0 Å². The van der Waals surface area contributed by atoms with Crippen molar-refractivity contribution in [2.75, 3.05) is 13.1 Å². The van der Waals surface area contributed by atoms with E-state index in [2.05, 4.69) is 48.5 Å². The number of benzene rings is 1. The smallest absolute Gasteiger partial charge is 0.317 e. The fraction of sp³-hybridized carbons (Fsp3) is 0.500. The number of fused-ring (bicyclic) bond motifs is 1. The van der Waals surface area contributed by atoms with Crippen LogP contribution in [0.5, 0.6) is 0 Å². The average molecular weight is 340 g/mol. The van der Waals surface area contributed by atoms with Gasteiger partial charge in [0.15, 0.2) is 0 Å². The SMILES string of the molecule is CCCCCNC(=O)N1Cc2ccccc2C(c2cnn(C)c2C)C1. The monoisotopic (exact) mass is 340 g/mol. The molecule has 3 rings (SSSR count). The largest absolute Gasteiger partial charge is 0.338 e. The van der Waals surface area contributed by atoms with Gasteiger partial charge in [-0.15, -0.1) is 0 Å². The molecule has 0 spiro atoms. The van der Waals surface area contributed by atoms with Crippen LogP contribution in [-0.4, -0.2) is 33.8 Å². The Labute approximate surface area is 150 Å². The van der Waals surface area contributed by atoms with Crippen molar-refractivity contribution >= 4 is 6.03 Å². The molecule has 0 fully saturated rings. The average Bonchev–Trinajstić information content (AvgIpc) is 2.96. The molecule has 134 valence electrons. The molecule has 1 aromatic carbocycles. The molecule has 0 saturated carbocycles. The number of rotatable bonds is 5. The zero-order chi connectivity index (χ0) is 17.8. The van der Waals surface area contributed by atoms with E-state index in [1.165, 1.54) is 16.7 Å². The summed E-state index contributed by atoms with van der Waals surface area (Å²) < 4.78 is 1.90. The summed E-state index contributed by atoms with van der Waals surface area (Å²) in [6.07, 6.45) is 5.30. The Morgan fingerprint density at radius 1 is 1.28 bits per heavy atom. The summed E-state index contributed by atoms with van der Waals surface area (Å²) in [6.45, 7) is 6.38. The lowest BCUT2D eigenvalue weighted by Gasteiger charge is -2.34. The quantitative estimate of drug-likeness (QED) is 0.846. The minimum absolute atomic E-state index is 0.0390. The standard InChI is InChI=1S/C20H28N4O/c1-4-5-8-11-21-20(25)24-13-16-9-6-7-10-17(16)19(14-24)18-12-22-23(3)15(18)2/h6-7,9-10,12,19H,4-5,8,11,13-14H2,1-3H3,(H,21,25). The Hall–Kier alpha value is -2.30. The predicted octanol–water partition coefficient (Wildman–Crippen LogP) is 3.58. The van der Waals surface area contributed by atoms with Gasteiger partial charge in [0, 0.05) is 43.9 Å². The van der Waals surface area contributed by atoms with E-state index in [1.54, 1.807) is 0 Å². The second-order valence-corrected chi connectivity index (χ2v) is 6.88. The predicted molar refractivity (Wildman–Crippen MR) is 99.6 cm³/mol. The molecule has 1 aliphatic heterocycles. The number of unbranched alkanes of at least 4 members (excludes halogenated alkanes) is 2. The Morgan fingerprint density at radius 3 is 2.80 bits per heavy atom. The van der Waals surface area contributed by atoms with Gasteiger partial charge < -0.3 is 10.2 Å². The molecule has 1 atom stereocenters. The maximum atomic E-state index is 12.6. The second-order valence-electron chi connectivity index (χ2n) is 6.88. The molecule has 2 amide bonds. The van der Waals surface area contributed by atoms with E-state index in [0.717, 1.165) is 31.5 Å². The van der Waals surface area contributed by atoms with Crippen molar-refractivity contribution in [2.24, 2.45) is 7.05 Å². The van der Waals surface area contributed by atoms with Crippen molar-refractivity contribution in [3.8, 4) is 0 Å². The van der Waals surface area contributed by atoms with E-state index in [0.29, 0.717) is 13.1 Å². The van der Waals surface area contributed by atoms with E-state index >= 15 is 0 Å². The highest BCUT2D eigenvalue weighted by Gasteiger charge is 2.30. The van der Waals surface area contributed by atoms with Gasteiger partial charge >= 0.3 is 6.03 Å². The van der Waals surface area contributed by atoms with Gasteiger partial charge in [0.2, 0.25) is 0 Å². The maximum Gasteiger partial charge on any atom is 0.317 e. The first-order chi connectivity index (χ1) is 12.1. The minimum Gasteiger partial charge on any atom is -0.338 e. The molecule has 1 aliphatic rings. The van der Waals surface area contributed by atoms with Crippen molar-refractivity contribution in [1.82, 2.24) is 20.0 Å². The van der Waals surface area contributed by atoms with Crippen molar-refractivity contribution in [3.63, 3.8) is 0 Å². The van der Waals surface area contributed by atoms with Gasteiger partial charge in [-0.05, 0) is 24.5 Å². The highest BCUT2D eigenvalue weighted by Crippen LogP contribution is 2.34. The van der Waals surface area contributed by atoms with E-state index in [1.807, 2.05) is 22.8 Å². The number of aryl methyl sites for hydroxylation is 1. The summed E-state index contributed by atoms with van der Waals surface area (Å²) >= 11 is 0. The molecule has 0 aliphatic carbocycles. The number of nitrogens with one attached hydrogen (secondary N) is 1. The molecular formula is C20H28N4O. The first-order valence-electron chi connectivity index (χ1n) is 9.21. The van der Waals surface area contributed by atoms with Crippen LogP contribution in [0.15, 0.2) is 30.5 Å². The van der Waals surface area contributed by atoms with Crippen molar-refractivity contribution in [3.05, 3.63) is 52.8 Å². The molecule has 25 heavy (non-hydrogen) atoms. The highest BCUT2D eigenvalue weighted by molar-refractivity contribution is 5.75. The number of hydrogen-bond donors (Lipinski definition) is 1. The molecular weight excluding hydrogens is 312 g/mol. The number of carbonyl (C=O) groups is 1. The number of urea groups is 1. The van der Waals surface area contributed by atoms with E-state index in [9.17, 15) is 4.79 Å². The molecule has 1 unspecified atom stereocenters. The third-order valence-corrected chi connectivity index (χ3v) is 5.19. The Bertz CT molecular complexity index is 737. The molecule has 5 nitrogen and oxygen atoms in total. The molecule has 1 N–H and O–H groups in total. The van der Waals surface area contributed by atoms with Crippen molar-refractivity contribution in [1.29, 1.82) is 0 Å². The summed E-state index contributed by atoms with van der Waals surface area (Å²) in [5.41, 5.74) is 4.91. The number of carbonyl (C=O) groups excluding carboxylic acids is 1. The summed E-state index contributed by atoms with van der Waals surface area (Å²) in [6, 6.07) is 8.48. The van der Waals surface area contributed by atoms with Gasteiger partial charge in [-0.1, -0.05) is 44.0 Å². The molecule has 0 radical (unpaired) electrons. The van der Waals surface area contributed by atoms with Gasteiger partial charge in [0.1, 0.15) is 0 Å². The zero-order valence-corrected chi connectivity index (χ0v) is 15.5. The lowest BCUT2D eigenvalue weighted by molar-refractivity contribution is 0.188. The van der Waals surface area contributed by atoms with Crippen LogP contribution in [0.25, 0.3) is 0 Å². The van der Waals surface area contributed by atoms with E-state index in [-0.39, 0.29) is 11.9 Å². The Balaban J connectivity index is 1.81. The van der Waals surface area contributed by atoms with Crippen LogP contribution >= 0.6 is 0 Å². The Morgan fingerprint density at radius 2 is 2.08 bits per heavy atom. The number of amides is 2. The van der Waals surface area contributed by atoms with Gasteiger partial charge in [-0.3, -0.25) is 4.68 Å². The number of hydrogen-bond acceptors (Lipinski definition) is 2. The Kier molecular flexibility index (Phi) is 5.41. The molecule has 5 heteroatoms. The first kappa shape index (κ1) is 17.5. The fourth-order valence-corrected chi connectivity index (χ4v) is 3.57. The fourth-order valence-electron chi connectivity index (χ4n) is 3.57. The van der Waals surface area contributed by atoms with Crippen LogP contribution in [0.4, 0.5) is 4.79 Å². The van der Waals surface area contributed by atoms with Crippen LogP contribution in [0.3, 0.4) is 0 Å². The van der Waals surface area contributed by atoms with Crippen LogP contribution in [0, 0.1) is 6.92 Å². The van der Waals surface area contributed by atoms with Crippen LogP contribution < -0.4 is 5.32 Å². The van der Waals surface area contributed by atoms with Gasteiger partial charge in [-0.25, -0.2) is 4.79 Å². The summed E-state index contributed by atoms with van der Waals surface area (Å²) in [7, 11) is 1.96. The normalized spacial score (nSPS) is 16.6. The highest BCUT2D eigenvalue weighted by atomic mass is 16.2. The van der Waals surface area contributed by atoms with E-state index in [4.69, 9.17) is 0 Å². The van der Waals surface area contributed by atoms with Gasteiger partial charge in [0.05, 0.1) is 6.20 Å². The summed E-state index contributed by atoms with van der Waals surface area (Å²) in [4.78, 5) is 14.6. The summed E-state index contributed by atoms with van der Waals surface area (Å²) in [5, 5.41) is 7.48. The molecule has 2 aromatic rings. The lowest BCUT2D eigenvalue weighted by Crippen LogP contribution is -2.44. The zero-order valence-electron chi connectivity index (χ0n) is 15.5. The third kappa shape index (κ3) is 3.70. The molecule has 0 saturated heterocycles. The van der Waals surface area contributed by atoms with Crippen LogP contribution in [0.2, 0.25) is 0 Å². The lowest BCUT2D eigenvalue weighted by atomic mass is 9.85. The third-order valence-electron chi connectivity index (χ3n) is 5.19. The van der Waals surface area contributed by atoms with Crippen molar-refractivity contribution < 1.29 is 4.79 Å². The topological polar surface area (TPSA) is 50.2 Å². The molecule has 1 aromatic heterocycles. The molecule has 2 heterocycles. The van der Waals surface area contributed by atoms with Crippen LogP contribution in [0.1, 0.15) is 54.5 Å². The first-order valence-corrected chi connectivity index (χ1v) is 9.21. The van der Waals surface area contributed by atoms with Crippen LogP contribution in [-0.2, 0) is 13.6 Å².